The topological polar surface area (TPSA) is 81.1 Å². The Kier molecular flexibility index (Phi) is 2.86. The van der Waals surface area contributed by atoms with Crippen LogP contribution in [0.3, 0.4) is 0 Å². The molecule has 0 saturated carbocycles. The normalized spacial score (nSPS) is 10.0. The van der Waals surface area contributed by atoms with Crippen LogP contribution in [-0.4, -0.2) is 10.9 Å². The molecule has 0 unspecified atom stereocenters. The number of carbonyl (C=O) groups is 1. The van der Waals surface area contributed by atoms with E-state index in [0.717, 1.165) is 5.56 Å². The SMILES string of the molecule is Nc1ccnc(C(=O)NCc2ccoc2)c1. The van der Waals surface area contributed by atoms with Crippen LogP contribution in [0.2, 0.25) is 0 Å². The first-order valence-corrected chi connectivity index (χ1v) is 4.76. The van der Waals surface area contributed by atoms with Crippen molar-refractivity contribution in [2.24, 2.45) is 0 Å². The number of hydrogen-bond acceptors (Lipinski definition) is 4. The molecule has 2 aromatic rings. The van der Waals surface area contributed by atoms with Crippen LogP contribution in [0.4, 0.5) is 5.69 Å². The van der Waals surface area contributed by atoms with Crippen LogP contribution in [0.1, 0.15) is 16.1 Å². The zero-order valence-corrected chi connectivity index (χ0v) is 8.51. The Morgan fingerprint density at radius 3 is 3.06 bits per heavy atom. The summed E-state index contributed by atoms with van der Waals surface area (Å²) in [7, 11) is 0. The molecule has 82 valence electrons. The van der Waals surface area contributed by atoms with E-state index in [1.807, 2.05) is 0 Å². The number of furan rings is 1. The van der Waals surface area contributed by atoms with Crippen LogP contribution in [-0.2, 0) is 6.54 Å². The number of nitrogens with zero attached hydrogens (tertiary/aromatic N) is 1. The van der Waals surface area contributed by atoms with Gasteiger partial charge in [-0.2, -0.15) is 0 Å². The summed E-state index contributed by atoms with van der Waals surface area (Å²) in [5.41, 5.74) is 7.28. The zero-order chi connectivity index (χ0) is 11.4. The molecule has 16 heavy (non-hydrogen) atoms. The molecule has 0 atom stereocenters. The third-order valence-corrected chi connectivity index (χ3v) is 2.05. The van der Waals surface area contributed by atoms with Crippen molar-refractivity contribution in [3.63, 3.8) is 0 Å². The van der Waals surface area contributed by atoms with Gasteiger partial charge in [-0.1, -0.05) is 0 Å². The number of rotatable bonds is 3. The minimum atomic E-state index is -0.256. The van der Waals surface area contributed by atoms with E-state index in [-0.39, 0.29) is 5.91 Å². The maximum Gasteiger partial charge on any atom is 0.270 e. The largest absolute Gasteiger partial charge is 0.472 e. The molecule has 1 amide bonds. The number of anilines is 1. The van der Waals surface area contributed by atoms with Crippen molar-refractivity contribution in [3.05, 3.63) is 48.2 Å². The maximum atomic E-state index is 11.6. The number of nitrogens with two attached hydrogens (primary N) is 1. The van der Waals surface area contributed by atoms with E-state index in [9.17, 15) is 4.79 Å². The lowest BCUT2D eigenvalue weighted by atomic mass is 10.3. The number of carbonyl (C=O) groups excluding carboxylic acids is 1. The van der Waals surface area contributed by atoms with Crippen LogP contribution in [0, 0.1) is 0 Å². The molecule has 0 aliphatic rings. The summed E-state index contributed by atoms with van der Waals surface area (Å²) in [6.07, 6.45) is 4.63. The lowest BCUT2D eigenvalue weighted by molar-refractivity contribution is 0.0946. The molecule has 0 saturated heterocycles. The fourth-order valence-corrected chi connectivity index (χ4v) is 1.24. The molecule has 5 nitrogen and oxygen atoms in total. The van der Waals surface area contributed by atoms with Crippen molar-refractivity contribution in [1.82, 2.24) is 10.3 Å². The van der Waals surface area contributed by atoms with E-state index < -0.39 is 0 Å². The molecule has 2 aromatic heterocycles. The smallest absolute Gasteiger partial charge is 0.270 e. The Hall–Kier alpha value is -2.30. The van der Waals surface area contributed by atoms with Gasteiger partial charge in [0, 0.05) is 24.0 Å². The van der Waals surface area contributed by atoms with Gasteiger partial charge in [-0.05, 0) is 18.2 Å². The minimum Gasteiger partial charge on any atom is -0.472 e. The van der Waals surface area contributed by atoms with Gasteiger partial charge in [0.05, 0.1) is 12.5 Å². The molecular weight excluding hydrogens is 206 g/mol. The highest BCUT2D eigenvalue weighted by atomic mass is 16.3. The van der Waals surface area contributed by atoms with Gasteiger partial charge in [-0.3, -0.25) is 9.78 Å². The molecule has 0 aromatic carbocycles. The van der Waals surface area contributed by atoms with E-state index >= 15 is 0 Å². The van der Waals surface area contributed by atoms with E-state index in [1.54, 1.807) is 24.7 Å². The van der Waals surface area contributed by atoms with Crippen LogP contribution in [0.15, 0.2) is 41.3 Å². The first-order valence-electron chi connectivity index (χ1n) is 4.76. The number of nitrogens with one attached hydrogen (secondary N) is 1. The quantitative estimate of drug-likeness (QED) is 0.809. The van der Waals surface area contributed by atoms with Crippen LogP contribution < -0.4 is 11.1 Å². The van der Waals surface area contributed by atoms with Gasteiger partial charge in [0.25, 0.3) is 5.91 Å². The molecule has 0 bridgehead atoms. The second-order valence-electron chi connectivity index (χ2n) is 3.29. The predicted octanol–water partition coefficient (Wildman–Crippen LogP) is 1.19. The van der Waals surface area contributed by atoms with Crippen molar-refractivity contribution in [2.45, 2.75) is 6.54 Å². The van der Waals surface area contributed by atoms with Crippen LogP contribution in [0.5, 0.6) is 0 Å². The molecule has 2 heterocycles. The third-order valence-electron chi connectivity index (χ3n) is 2.05. The van der Waals surface area contributed by atoms with Gasteiger partial charge in [0.1, 0.15) is 5.69 Å². The monoisotopic (exact) mass is 217 g/mol. The second kappa shape index (κ2) is 4.48. The summed E-state index contributed by atoms with van der Waals surface area (Å²) >= 11 is 0. The molecule has 2 rings (SSSR count). The molecule has 0 aliphatic carbocycles. The van der Waals surface area contributed by atoms with Gasteiger partial charge in [0.15, 0.2) is 0 Å². The second-order valence-corrected chi connectivity index (χ2v) is 3.29. The lowest BCUT2D eigenvalue weighted by Gasteiger charge is -2.03. The molecule has 0 aliphatic heterocycles. The molecule has 5 heteroatoms. The van der Waals surface area contributed by atoms with Crippen molar-refractivity contribution < 1.29 is 9.21 Å². The average molecular weight is 217 g/mol. The van der Waals surface area contributed by atoms with Gasteiger partial charge in [0.2, 0.25) is 0 Å². The Morgan fingerprint density at radius 1 is 1.50 bits per heavy atom. The summed E-state index contributed by atoms with van der Waals surface area (Å²) < 4.78 is 4.88. The summed E-state index contributed by atoms with van der Waals surface area (Å²) in [5, 5.41) is 2.71. The Morgan fingerprint density at radius 2 is 2.38 bits per heavy atom. The van der Waals surface area contributed by atoms with E-state index in [2.05, 4.69) is 10.3 Å². The first-order chi connectivity index (χ1) is 7.75. The highest BCUT2D eigenvalue weighted by molar-refractivity contribution is 5.92. The number of amides is 1. The maximum absolute atomic E-state index is 11.6. The molecule has 0 radical (unpaired) electrons. The highest BCUT2D eigenvalue weighted by Crippen LogP contribution is 2.04. The summed E-state index contributed by atoms with van der Waals surface area (Å²) in [6, 6.07) is 4.95. The number of hydrogen-bond donors (Lipinski definition) is 2. The van der Waals surface area contributed by atoms with Crippen molar-refractivity contribution >= 4 is 11.6 Å². The minimum absolute atomic E-state index is 0.256. The molecular formula is C11H11N3O2. The third kappa shape index (κ3) is 2.38. The average Bonchev–Trinajstić information content (AvgIpc) is 2.78. The molecule has 0 spiro atoms. The highest BCUT2D eigenvalue weighted by Gasteiger charge is 2.06. The van der Waals surface area contributed by atoms with Gasteiger partial charge in [-0.15, -0.1) is 0 Å². The molecule has 0 fully saturated rings. The zero-order valence-electron chi connectivity index (χ0n) is 8.51. The standard InChI is InChI=1S/C11H11N3O2/c12-9-1-3-13-10(5-9)11(15)14-6-8-2-4-16-7-8/h1-5,7H,6H2,(H2,12,13)(H,14,15). The number of nitrogen functional groups attached to an aromatic ring is 1. The summed E-state index contributed by atoms with van der Waals surface area (Å²) in [6.45, 7) is 0.409. The fraction of sp³-hybridized carbons (Fsp3) is 0.0909. The number of aromatic nitrogens is 1. The van der Waals surface area contributed by atoms with Crippen molar-refractivity contribution in [2.75, 3.05) is 5.73 Å². The first kappa shape index (κ1) is 10.2. The Balaban J connectivity index is 1.98. The van der Waals surface area contributed by atoms with Gasteiger partial charge >= 0.3 is 0 Å². The van der Waals surface area contributed by atoms with E-state index in [1.165, 1.54) is 12.3 Å². The van der Waals surface area contributed by atoms with Crippen molar-refractivity contribution in [1.29, 1.82) is 0 Å². The summed E-state index contributed by atoms with van der Waals surface area (Å²) in [5.74, 6) is -0.256. The predicted molar refractivity (Wildman–Crippen MR) is 58.5 cm³/mol. The van der Waals surface area contributed by atoms with E-state index in [0.29, 0.717) is 17.9 Å². The molecule has 3 N–H and O–H groups in total. The fourth-order valence-electron chi connectivity index (χ4n) is 1.24. The summed E-state index contributed by atoms with van der Waals surface area (Å²) in [4.78, 5) is 15.6. The lowest BCUT2D eigenvalue weighted by Crippen LogP contribution is -2.23. The van der Waals surface area contributed by atoms with Crippen molar-refractivity contribution in [3.8, 4) is 0 Å². The van der Waals surface area contributed by atoms with Gasteiger partial charge < -0.3 is 15.5 Å². The Labute approximate surface area is 92.3 Å². The Bertz CT molecular complexity index is 480. The number of pyridine rings is 1. The van der Waals surface area contributed by atoms with Gasteiger partial charge in [-0.25, -0.2) is 0 Å². The van der Waals surface area contributed by atoms with Crippen LogP contribution >= 0.6 is 0 Å². The van der Waals surface area contributed by atoms with Crippen LogP contribution in [0.25, 0.3) is 0 Å². The van der Waals surface area contributed by atoms with E-state index in [4.69, 9.17) is 10.2 Å².